The quantitative estimate of drug-likeness (QED) is 0.556. The number of anilines is 2. The van der Waals surface area contributed by atoms with Gasteiger partial charge in [0.1, 0.15) is 5.69 Å². The Labute approximate surface area is 154 Å². The first kappa shape index (κ1) is 16.8. The van der Waals surface area contributed by atoms with Crippen molar-refractivity contribution < 1.29 is 9.45 Å². The Balaban J connectivity index is 1.60. The van der Waals surface area contributed by atoms with Gasteiger partial charge in [0.2, 0.25) is 0 Å². The summed E-state index contributed by atoms with van der Waals surface area (Å²) in [7, 11) is 0. The molecule has 0 spiro atoms. The number of aromatic nitrogens is 2. The molecule has 0 unspecified atom stereocenters. The van der Waals surface area contributed by atoms with Crippen LogP contribution in [0.1, 0.15) is 0 Å². The highest BCUT2D eigenvalue weighted by molar-refractivity contribution is 5.72. The van der Waals surface area contributed by atoms with Crippen LogP contribution in [0.4, 0.5) is 17.1 Å². The molecule has 2 aromatic carbocycles. The first-order valence-electron chi connectivity index (χ1n) is 8.51. The minimum absolute atomic E-state index is 0.0257. The van der Waals surface area contributed by atoms with Crippen LogP contribution < -0.4 is 15.6 Å². The van der Waals surface area contributed by atoms with E-state index in [9.17, 15) is 14.9 Å². The molecule has 0 radical (unpaired) electrons. The summed E-state index contributed by atoms with van der Waals surface area (Å²) < 4.78 is 4.53. The van der Waals surface area contributed by atoms with Gasteiger partial charge in [-0.3, -0.25) is 19.6 Å². The summed E-state index contributed by atoms with van der Waals surface area (Å²) >= 11 is 0. The number of nitrogens with zero attached hydrogens (tertiary/aromatic N) is 4. The van der Waals surface area contributed by atoms with Crippen molar-refractivity contribution in [1.29, 1.82) is 0 Å². The van der Waals surface area contributed by atoms with Crippen LogP contribution in [-0.4, -0.2) is 41.2 Å². The van der Waals surface area contributed by atoms with Crippen LogP contribution in [0.3, 0.4) is 0 Å². The number of rotatable bonds is 4. The first-order valence-corrected chi connectivity index (χ1v) is 8.51. The van der Waals surface area contributed by atoms with Gasteiger partial charge in [-0.05, 0) is 24.3 Å². The van der Waals surface area contributed by atoms with Gasteiger partial charge in [-0.25, -0.2) is 4.79 Å². The number of hydrogen-bond acceptors (Lipinski definition) is 7. The van der Waals surface area contributed by atoms with E-state index in [0.29, 0.717) is 24.3 Å². The Morgan fingerprint density at radius 3 is 2.37 bits per heavy atom. The summed E-state index contributed by atoms with van der Waals surface area (Å²) in [4.78, 5) is 29.0. The molecule has 3 aromatic rings. The minimum atomic E-state index is -0.665. The monoisotopic (exact) mass is 367 g/mol. The van der Waals surface area contributed by atoms with Crippen molar-refractivity contribution in [1.82, 2.24) is 10.1 Å². The summed E-state index contributed by atoms with van der Waals surface area (Å²) in [5, 5.41) is 15.1. The van der Waals surface area contributed by atoms with E-state index in [4.69, 9.17) is 0 Å². The van der Waals surface area contributed by atoms with Crippen LogP contribution in [0.25, 0.3) is 11.4 Å². The average Bonchev–Trinajstić information content (AvgIpc) is 3.14. The summed E-state index contributed by atoms with van der Waals surface area (Å²) in [5.74, 6) is -0.416. The lowest BCUT2D eigenvalue weighted by atomic mass is 10.1. The lowest BCUT2D eigenvalue weighted by Gasteiger charge is -2.37. The predicted octanol–water partition coefficient (Wildman–Crippen LogP) is 2.26. The molecule has 1 saturated heterocycles. The third kappa shape index (κ3) is 3.39. The summed E-state index contributed by atoms with van der Waals surface area (Å²) in [6.45, 7) is 2.81. The molecule has 9 nitrogen and oxygen atoms in total. The summed E-state index contributed by atoms with van der Waals surface area (Å²) in [6, 6.07) is 14.7. The molecule has 0 amide bonds. The zero-order valence-electron chi connectivity index (χ0n) is 14.4. The van der Waals surface area contributed by atoms with E-state index in [1.165, 1.54) is 6.07 Å². The fourth-order valence-electron chi connectivity index (χ4n) is 3.28. The second-order valence-electron chi connectivity index (χ2n) is 6.21. The number of nitrogens with one attached hydrogen (secondary N) is 1. The number of para-hydroxylation sites is 1. The van der Waals surface area contributed by atoms with Crippen LogP contribution in [0.15, 0.2) is 57.8 Å². The Bertz CT molecular complexity index is 1010. The van der Waals surface area contributed by atoms with Gasteiger partial charge in [-0.1, -0.05) is 23.4 Å². The number of nitro groups is 1. The second-order valence-corrected chi connectivity index (χ2v) is 6.21. The van der Waals surface area contributed by atoms with Crippen LogP contribution >= 0.6 is 0 Å². The SMILES string of the molecule is O=c1[nH]c(-c2ccc([N+](=O)[O-])c(N3CCN(c4ccccc4)CC3)c2)no1. The zero-order valence-corrected chi connectivity index (χ0v) is 14.4. The molecule has 1 fully saturated rings. The lowest BCUT2D eigenvalue weighted by Crippen LogP contribution is -2.46. The maximum Gasteiger partial charge on any atom is 0.439 e. The van der Waals surface area contributed by atoms with E-state index in [0.717, 1.165) is 18.8 Å². The van der Waals surface area contributed by atoms with Crippen molar-refractivity contribution in [3.63, 3.8) is 0 Å². The number of hydrogen-bond donors (Lipinski definition) is 1. The Hall–Kier alpha value is -3.62. The number of H-pyrrole nitrogens is 1. The van der Waals surface area contributed by atoms with Gasteiger partial charge in [0.05, 0.1) is 4.92 Å². The maximum atomic E-state index is 11.5. The first-order chi connectivity index (χ1) is 13.1. The molecule has 0 aliphatic carbocycles. The van der Waals surface area contributed by atoms with Crippen molar-refractivity contribution >= 4 is 17.1 Å². The Kier molecular flexibility index (Phi) is 4.33. The lowest BCUT2D eigenvalue weighted by molar-refractivity contribution is -0.384. The van der Waals surface area contributed by atoms with E-state index < -0.39 is 10.7 Å². The molecule has 1 aromatic heterocycles. The molecule has 4 rings (SSSR count). The number of benzene rings is 2. The normalized spacial score (nSPS) is 14.4. The van der Waals surface area contributed by atoms with Crippen molar-refractivity contribution in [3.8, 4) is 11.4 Å². The minimum Gasteiger partial charge on any atom is -0.368 e. The predicted molar refractivity (Wildman–Crippen MR) is 100 cm³/mol. The number of aromatic amines is 1. The fraction of sp³-hybridized carbons (Fsp3) is 0.222. The third-order valence-electron chi connectivity index (χ3n) is 4.63. The molecule has 1 aliphatic rings. The molecule has 27 heavy (non-hydrogen) atoms. The van der Waals surface area contributed by atoms with Gasteiger partial charge in [-0.15, -0.1) is 0 Å². The molecular weight excluding hydrogens is 350 g/mol. The van der Waals surface area contributed by atoms with Gasteiger partial charge < -0.3 is 9.80 Å². The smallest absolute Gasteiger partial charge is 0.368 e. The van der Waals surface area contributed by atoms with E-state index in [1.807, 2.05) is 23.1 Å². The van der Waals surface area contributed by atoms with Crippen molar-refractivity contribution in [2.45, 2.75) is 0 Å². The Morgan fingerprint density at radius 2 is 1.74 bits per heavy atom. The van der Waals surface area contributed by atoms with E-state index >= 15 is 0 Å². The molecule has 0 atom stereocenters. The molecule has 0 saturated carbocycles. The highest BCUT2D eigenvalue weighted by atomic mass is 16.6. The topological polar surface area (TPSA) is 109 Å². The van der Waals surface area contributed by atoms with Crippen LogP contribution in [0, 0.1) is 10.1 Å². The summed E-state index contributed by atoms with van der Waals surface area (Å²) in [6.07, 6.45) is 0. The second kappa shape index (κ2) is 6.94. The van der Waals surface area contributed by atoms with Gasteiger partial charge in [-0.2, -0.15) is 0 Å². The van der Waals surface area contributed by atoms with Gasteiger partial charge in [0.25, 0.3) is 5.69 Å². The standard InChI is InChI=1S/C18H17N5O4/c24-18-19-17(20-27-18)13-6-7-15(23(25)26)16(12-13)22-10-8-21(9-11-22)14-4-2-1-3-5-14/h1-7,12H,8-11H2,(H,19,20,24). The third-order valence-corrected chi connectivity index (χ3v) is 4.63. The maximum absolute atomic E-state index is 11.5. The highest BCUT2D eigenvalue weighted by Crippen LogP contribution is 2.33. The molecule has 1 N–H and O–H groups in total. The molecule has 0 bridgehead atoms. The van der Waals surface area contributed by atoms with E-state index in [2.05, 4.69) is 31.7 Å². The highest BCUT2D eigenvalue weighted by Gasteiger charge is 2.25. The van der Waals surface area contributed by atoms with Crippen LogP contribution in [-0.2, 0) is 0 Å². The molecule has 1 aliphatic heterocycles. The average molecular weight is 367 g/mol. The molecule has 9 heteroatoms. The molecular formula is C18H17N5O4. The van der Waals surface area contributed by atoms with Gasteiger partial charge >= 0.3 is 5.76 Å². The van der Waals surface area contributed by atoms with Crippen molar-refractivity contribution in [2.24, 2.45) is 0 Å². The summed E-state index contributed by atoms with van der Waals surface area (Å²) in [5.41, 5.74) is 2.24. The zero-order chi connectivity index (χ0) is 18.8. The molecule has 2 heterocycles. The molecule has 138 valence electrons. The van der Waals surface area contributed by atoms with Crippen molar-refractivity contribution in [2.75, 3.05) is 36.0 Å². The number of nitro benzene ring substituents is 1. The Morgan fingerprint density at radius 1 is 1.04 bits per heavy atom. The largest absolute Gasteiger partial charge is 0.439 e. The van der Waals surface area contributed by atoms with Crippen LogP contribution in [0.5, 0.6) is 0 Å². The fourth-order valence-corrected chi connectivity index (χ4v) is 3.28. The van der Waals surface area contributed by atoms with Crippen LogP contribution in [0.2, 0.25) is 0 Å². The van der Waals surface area contributed by atoms with Crippen molar-refractivity contribution in [3.05, 3.63) is 69.2 Å². The number of piperazine rings is 1. The van der Waals surface area contributed by atoms with E-state index in [-0.39, 0.29) is 11.5 Å². The van der Waals surface area contributed by atoms with Gasteiger partial charge in [0.15, 0.2) is 5.82 Å². The van der Waals surface area contributed by atoms with E-state index in [1.54, 1.807) is 12.1 Å². The van der Waals surface area contributed by atoms with Gasteiger partial charge in [0, 0.05) is 43.5 Å².